The second-order valence-corrected chi connectivity index (χ2v) is 4.28. The van der Waals surface area contributed by atoms with Gasteiger partial charge in [0.05, 0.1) is 12.7 Å². The van der Waals surface area contributed by atoms with E-state index in [1.807, 2.05) is 6.92 Å². The molecule has 0 rings (SSSR count). The highest BCUT2D eigenvalue weighted by Gasteiger charge is 2.17. The van der Waals surface area contributed by atoms with Crippen molar-refractivity contribution in [1.29, 1.82) is 0 Å². The van der Waals surface area contributed by atoms with E-state index in [4.69, 9.17) is 14.5 Å². The number of unbranched alkanes of at least 4 members (excludes halogenated alkanes) is 1. The zero-order chi connectivity index (χ0) is 11.0. The Labute approximate surface area is 84.7 Å². The molecule has 0 aliphatic rings. The zero-order valence-electron chi connectivity index (χ0n) is 8.68. The lowest BCUT2D eigenvalue weighted by molar-refractivity contribution is 0.00899. The van der Waals surface area contributed by atoms with Crippen LogP contribution in [-0.2, 0) is 13.8 Å². The van der Waals surface area contributed by atoms with Crippen LogP contribution in [0.1, 0.15) is 33.1 Å². The van der Waals surface area contributed by atoms with Crippen molar-refractivity contribution in [1.82, 2.24) is 0 Å². The lowest BCUT2D eigenvalue weighted by atomic mass is 10.3. The minimum absolute atomic E-state index is 0.0511. The van der Waals surface area contributed by atoms with Gasteiger partial charge < -0.3 is 14.5 Å². The van der Waals surface area contributed by atoms with Crippen molar-refractivity contribution in [2.75, 3.05) is 13.2 Å². The SMILES string of the molecule is CCCCOC(CC)COP(=O)(O)O. The molecule has 0 saturated heterocycles. The van der Waals surface area contributed by atoms with E-state index in [0.29, 0.717) is 13.0 Å². The van der Waals surface area contributed by atoms with Crippen LogP contribution in [0.2, 0.25) is 0 Å². The Balaban J connectivity index is 3.63. The van der Waals surface area contributed by atoms with E-state index in [1.54, 1.807) is 0 Å². The summed E-state index contributed by atoms with van der Waals surface area (Å²) in [7, 11) is -4.35. The van der Waals surface area contributed by atoms with Crippen LogP contribution in [0.5, 0.6) is 0 Å². The highest BCUT2D eigenvalue weighted by Crippen LogP contribution is 2.35. The van der Waals surface area contributed by atoms with E-state index in [9.17, 15) is 4.57 Å². The van der Waals surface area contributed by atoms with Crippen molar-refractivity contribution in [2.45, 2.75) is 39.2 Å². The number of hydrogen-bond donors (Lipinski definition) is 2. The molecule has 2 N–H and O–H groups in total. The van der Waals surface area contributed by atoms with Crippen LogP contribution in [0.15, 0.2) is 0 Å². The van der Waals surface area contributed by atoms with Crippen LogP contribution in [0.3, 0.4) is 0 Å². The third-order valence-corrected chi connectivity index (χ3v) is 2.22. The predicted molar refractivity (Wildman–Crippen MR) is 52.9 cm³/mol. The molecule has 0 heterocycles. The quantitative estimate of drug-likeness (QED) is 0.486. The fourth-order valence-corrected chi connectivity index (χ4v) is 1.22. The largest absolute Gasteiger partial charge is 0.469 e. The average molecular weight is 226 g/mol. The maximum Gasteiger partial charge on any atom is 0.469 e. The average Bonchev–Trinajstić information content (AvgIpc) is 2.09. The van der Waals surface area contributed by atoms with E-state index in [2.05, 4.69) is 11.4 Å². The van der Waals surface area contributed by atoms with E-state index in [0.717, 1.165) is 12.8 Å². The van der Waals surface area contributed by atoms with E-state index >= 15 is 0 Å². The van der Waals surface area contributed by atoms with Gasteiger partial charge in [-0.15, -0.1) is 0 Å². The highest BCUT2D eigenvalue weighted by molar-refractivity contribution is 7.46. The molecule has 0 spiro atoms. The summed E-state index contributed by atoms with van der Waals surface area (Å²) in [6.07, 6.45) is 2.44. The van der Waals surface area contributed by atoms with Gasteiger partial charge in [0.15, 0.2) is 0 Å². The van der Waals surface area contributed by atoms with Gasteiger partial charge in [-0.05, 0) is 12.8 Å². The third kappa shape index (κ3) is 8.66. The molecular formula is C8H19O5P. The van der Waals surface area contributed by atoms with Gasteiger partial charge in [0.1, 0.15) is 0 Å². The first kappa shape index (κ1) is 14.1. The van der Waals surface area contributed by atoms with Gasteiger partial charge in [-0.3, -0.25) is 4.52 Å². The molecule has 0 saturated carbocycles. The van der Waals surface area contributed by atoms with Crippen LogP contribution in [0.4, 0.5) is 0 Å². The molecule has 6 heteroatoms. The molecule has 0 radical (unpaired) electrons. The first-order valence-corrected chi connectivity index (χ1v) is 6.34. The Kier molecular flexibility index (Phi) is 7.41. The van der Waals surface area contributed by atoms with Crippen molar-refractivity contribution in [3.05, 3.63) is 0 Å². The molecule has 0 aromatic heterocycles. The molecule has 0 bridgehead atoms. The minimum Gasteiger partial charge on any atom is -0.376 e. The Hall–Kier alpha value is 0.0700. The van der Waals surface area contributed by atoms with Gasteiger partial charge in [-0.2, -0.15) is 0 Å². The van der Waals surface area contributed by atoms with Crippen molar-refractivity contribution < 1.29 is 23.6 Å². The van der Waals surface area contributed by atoms with Crippen LogP contribution in [0, 0.1) is 0 Å². The molecule has 0 fully saturated rings. The van der Waals surface area contributed by atoms with Crippen molar-refractivity contribution in [3.63, 3.8) is 0 Å². The highest BCUT2D eigenvalue weighted by atomic mass is 31.2. The standard InChI is InChI=1S/C8H19O5P/c1-3-5-6-12-8(4-2)7-13-14(9,10)11/h8H,3-7H2,1-2H3,(H2,9,10,11). The number of phosphoric ester groups is 1. The number of ether oxygens (including phenoxy) is 1. The molecular weight excluding hydrogens is 207 g/mol. The van der Waals surface area contributed by atoms with Gasteiger partial charge in [-0.1, -0.05) is 20.3 Å². The molecule has 1 atom stereocenters. The molecule has 0 aromatic carbocycles. The van der Waals surface area contributed by atoms with Crippen molar-refractivity contribution >= 4 is 7.82 Å². The summed E-state index contributed by atoms with van der Waals surface area (Å²) in [4.78, 5) is 16.9. The molecule has 86 valence electrons. The van der Waals surface area contributed by atoms with Gasteiger partial charge in [0, 0.05) is 6.61 Å². The third-order valence-electron chi connectivity index (χ3n) is 1.74. The molecule has 0 aliphatic heterocycles. The topological polar surface area (TPSA) is 76.0 Å². The number of hydrogen-bond acceptors (Lipinski definition) is 3. The van der Waals surface area contributed by atoms with Gasteiger partial charge >= 0.3 is 7.82 Å². The normalized spacial score (nSPS) is 14.3. The smallest absolute Gasteiger partial charge is 0.376 e. The summed E-state index contributed by atoms with van der Waals surface area (Å²) < 4.78 is 20.1. The van der Waals surface area contributed by atoms with E-state index < -0.39 is 7.82 Å². The summed E-state index contributed by atoms with van der Waals surface area (Å²) in [5, 5.41) is 0. The first-order valence-electron chi connectivity index (χ1n) is 4.81. The molecule has 5 nitrogen and oxygen atoms in total. The Morgan fingerprint density at radius 3 is 2.43 bits per heavy atom. The predicted octanol–water partition coefficient (Wildman–Crippen LogP) is 1.69. The Bertz CT molecular complexity index is 179. The fraction of sp³-hybridized carbons (Fsp3) is 1.00. The maximum absolute atomic E-state index is 10.4. The minimum atomic E-state index is -4.35. The Morgan fingerprint density at radius 2 is 2.00 bits per heavy atom. The monoisotopic (exact) mass is 226 g/mol. The second-order valence-electron chi connectivity index (χ2n) is 3.04. The second kappa shape index (κ2) is 7.37. The summed E-state index contributed by atoms with van der Waals surface area (Å²) in [5.41, 5.74) is 0. The maximum atomic E-state index is 10.4. The molecule has 0 aliphatic carbocycles. The van der Waals surface area contributed by atoms with Crippen LogP contribution in [-0.4, -0.2) is 29.1 Å². The summed E-state index contributed by atoms with van der Waals surface area (Å²) in [6, 6.07) is 0. The molecule has 0 amide bonds. The van der Waals surface area contributed by atoms with E-state index in [-0.39, 0.29) is 12.7 Å². The number of phosphoric acid groups is 1. The van der Waals surface area contributed by atoms with Crippen molar-refractivity contribution in [2.24, 2.45) is 0 Å². The van der Waals surface area contributed by atoms with Gasteiger partial charge in [0.25, 0.3) is 0 Å². The molecule has 14 heavy (non-hydrogen) atoms. The summed E-state index contributed by atoms with van der Waals surface area (Å²) >= 11 is 0. The fourth-order valence-electron chi connectivity index (χ4n) is 0.858. The Morgan fingerprint density at radius 1 is 1.36 bits per heavy atom. The lowest BCUT2D eigenvalue weighted by Crippen LogP contribution is -2.18. The lowest BCUT2D eigenvalue weighted by Gasteiger charge is -2.16. The van der Waals surface area contributed by atoms with Crippen LogP contribution >= 0.6 is 7.82 Å². The zero-order valence-corrected chi connectivity index (χ0v) is 9.57. The molecule has 0 aromatic rings. The van der Waals surface area contributed by atoms with Crippen molar-refractivity contribution in [3.8, 4) is 0 Å². The van der Waals surface area contributed by atoms with Gasteiger partial charge in [0.2, 0.25) is 0 Å². The van der Waals surface area contributed by atoms with E-state index in [1.165, 1.54) is 0 Å². The number of rotatable bonds is 8. The van der Waals surface area contributed by atoms with Crippen LogP contribution < -0.4 is 0 Å². The summed E-state index contributed by atoms with van der Waals surface area (Å²) in [5.74, 6) is 0. The van der Waals surface area contributed by atoms with Crippen LogP contribution in [0.25, 0.3) is 0 Å². The summed E-state index contributed by atoms with van der Waals surface area (Å²) in [6.45, 7) is 4.50. The van der Waals surface area contributed by atoms with Gasteiger partial charge in [-0.25, -0.2) is 4.57 Å². The molecule has 1 unspecified atom stereocenters. The first-order chi connectivity index (χ1) is 6.49.